The predicted molar refractivity (Wildman–Crippen MR) is 71.7 cm³/mol. The van der Waals surface area contributed by atoms with Crippen molar-refractivity contribution in [2.45, 2.75) is 29.1 Å². The Labute approximate surface area is 102 Å². The molecule has 0 atom stereocenters. The molecular weight excluding hydrogens is 222 g/mol. The second kappa shape index (κ2) is 4.71. The van der Waals surface area contributed by atoms with E-state index in [4.69, 9.17) is 0 Å². The zero-order valence-corrected chi connectivity index (χ0v) is 11.0. The quantitative estimate of drug-likeness (QED) is 0.590. The van der Waals surface area contributed by atoms with Crippen LogP contribution >= 0.6 is 24.4 Å². The number of thiol groups is 1. The number of fused-ring (bicyclic) bond motifs is 1. The molecule has 0 amide bonds. The summed E-state index contributed by atoms with van der Waals surface area (Å²) in [4.78, 5) is 4.78. The molecule has 0 aromatic heterocycles. The molecule has 1 aromatic rings. The third-order valence-electron chi connectivity index (χ3n) is 2.98. The molecule has 0 fully saturated rings. The number of hydrogen-bond acceptors (Lipinski definition) is 3. The van der Waals surface area contributed by atoms with Gasteiger partial charge in [-0.2, -0.15) is 0 Å². The maximum absolute atomic E-state index is 4.54. The Morgan fingerprint density at radius 2 is 2.13 bits per heavy atom. The van der Waals surface area contributed by atoms with Crippen LogP contribution in [0.15, 0.2) is 21.9 Å². The van der Waals surface area contributed by atoms with Gasteiger partial charge in [0.05, 0.1) is 0 Å². The van der Waals surface area contributed by atoms with E-state index in [1.165, 1.54) is 42.0 Å². The van der Waals surface area contributed by atoms with Gasteiger partial charge in [-0.1, -0.05) is 0 Å². The van der Waals surface area contributed by atoms with E-state index < -0.39 is 0 Å². The van der Waals surface area contributed by atoms with Crippen LogP contribution in [0.25, 0.3) is 0 Å². The van der Waals surface area contributed by atoms with Gasteiger partial charge in [0, 0.05) is 29.1 Å². The van der Waals surface area contributed by atoms with Crippen LogP contribution in [0.3, 0.4) is 0 Å². The highest BCUT2D eigenvalue weighted by Crippen LogP contribution is 2.34. The fraction of sp³-hybridized carbons (Fsp3) is 0.500. The van der Waals surface area contributed by atoms with Gasteiger partial charge in [0.1, 0.15) is 0 Å². The number of aryl methyl sites for hydroxylation is 1. The fourth-order valence-electron chi connectivity index (χ4n) is 2.10. The summed E-state index contributed by atoms with van der Waals surface area (Å²) in [6.45, 7) is 1.17. The molecule has 0 radical (unpaired) electrons. The Morgan fingerprint density at radius 1 is 1.33 bits per heavy atom. The van der Waals surface area contributed by atoms with Crippen molar-refractivity contribution < 1.29 is 0 Å². The second-order valence-electron chi connectivity index (χ2n) is 4.03. The smallest absolute Gasteiger partial charge is 0.0408 e. The van der Waals surface area contributed by atoms with Gasteiger partial charge in [-0.3, -0.25) is 0 Å². The molecule has 0 saturated heterocycles. The van der Waals surface area contributed by atoms with Crippen molar-refractivity contribution in [3.8, 4) is 0 Å². The van der Waals surface area contributed by atoms with Crippen LogP contribution in [0.2, 0.25) is 0 Å². The highest BCUT2D eigenvalue weighted by Gasteiger charge is 2.14. The molecule has 3 heteroatoms. The largest absolute Gasteiger partial charge is 0.374 e. The van der Waals surface area contributed by atoms with Gasteiger partial charge in [-0.25, -0.2) is 0 Å². The Kier molecular flexibility index (Phi) is 3.52. The van der Waals surface area contributed by atoms with Crippen molar-refractivity contribution >= 4 is 30.1 Å². The summed E-state index contributed by atoms with van der Waals surface area (Å²) in [7, 11) is 2.19. The first-order valence-electron chi connectivity index (χ1n) is 5.33. The van der Waals surface area contributed by atoms with Crippen LogP contribution < -0.4 is 4.90 Å². The minimum Gasteiger partial charge on any atom is -0.374 e. The van der Waals surface area contributed by atoms with E-state index in [9.17, 15) is 0 Å². The number of nitrogens with zero attached hydrogens (tertiary/aromatic N) is 1. The lowest BCUT2D eigenvalue weighted by Gasteiger charge is -2.20. The molecule has 2 rings (SSSR count). The minimum atomic E-state index is 1.12. The number of thioether (sulfide) groups is 1. The molecule has 0 unspecified atom stereocenters. The standard InChI is InChI=1S/C12H17NS2/c1-13-6-4-3-5-9-7-11(14)12(15-2)8-10(9)13/h7-8,14H,3-6H2,1-2H3. The van der Waals surface area contributed by atoms with Gasteiger partial charge in [-0.15, -0.1) is 24.4 Å². The van der Waals surface area contributed by atoms with E-state index in [2.05, 4.69) is 43.0 Å². The third kappa shape index (κ3) is 2.28. The zero-order chi connectivity index (χ0) is 10.8. The molecule has 1 aromatic carbocycles. The van der Waals surface area contributed by atoms with Crippen LogP contribution in [-0.4, -0.2) is 19.8 Å². The van der Waals surface area contributed by atoms with Crippen LogP contribution in [0, 0.1) is 0 Å². The van der Waals surface area contributed by atoms with Gasteiger partial charge in [0.25, 0.3) is 0 Å². The second-order valence-corrected chi connectivity index (χ2v) is 5.36. The molecule has 1 aliphatic heterocycles. The lowest BCUT2D eigenvalue weighted by molar-refractivity contribution is 0.749. The van der Waals surface area contributed by atoms with Crippen molar-refractivity contribution in [3.05, 3.63) is 17.7 Å². The van der Waals surface area contributed by atoms with Crippen molar-refractivity contribution in [2.75, 3.05) is 24.7 Å². The topological polar surface area (TPSA) is 3.24 Å². The van der Waals surface area contributed by atoms with E-state index in [-0.39, 0.29) is 0 Å². The Morgan fingerprint density at radius 3 is 2.87 bits per heavy atom. The van der Waals surface area contributed by atoms with Gasteiger partial charge in [0.2, 0.25) is 0 Å². The molecule has 1 nitrogen and oxygen atoms in total. The fourth-order valence-corrected chi connectivity index (χ4v) is 3.10. The van der Waals surface area contributed by atoms with Gasteiger partial charge >= 0.3 is 0 Å². The van der Waals surface area contributed by atoms with Crippen LogP contribution in [-0.2, 0) is 6.42 Å². The summed E-state index contributed by atoms with van der Waals surface area (Å²) >= 11 is 6.31. The van der Waals surface area contributed by atoms with Gasteiger partial charge in [-0.05, 0) is 43.2 Å². The summed E-state index contributed by atoms with van der Waals surface area (Å²) < 4.78 is 0. The highest BCUT2D eigenvalue weighted by atomic mass is 32.2. The molecule has 0 spiro atoms. The van der Waals surface area contributed by atoms with Crippen LogP contribution in [0.4, 0.5) is 5.69 Å². The molecule has 0 aliphatic carbocycles. The molecule has 0 saturated carbocycles. The lowest BCUT2D eigenvalue weighted by atomic mass is 10.1. The molecule has 0 N–H and O–H groups in total. The highest BCUT2D eigenvalue weighted by molar-refractivity contribution is 7.99. The summed E-state index contributed by atoms with van der Waals surface area (Å²) in [6, 6.07) is 4.53. The van der Waals surface area contributed by atoms with E-state index in [0.717, 1.165) is 4.90 Å². The normalized spacial score (nSPS) is 16.1. The number of hydrogen-bond donors (Lipinski definition) is 1. The molecular formula is C12H17NS2. The van der Waals surface area contributed by atoms with Crippen molar-refractivity contribution in [2.24, 2.45) is 0 Å². The molecule has 1 aliphatic rings. The number of benzene rings is 1. The van der Waals surface area contributed by atoms with Crippen molar-refractivity contribution in [1.82, 2.24) is 0 Å². The third-order valence-corrected chi connectivity index (χ3v) is 4.28. The Hall–Kier alpha value is -0.280. The Bertz CT molecular complexity index is 363. The monoisotopic (exact) mass is 239 g/mol. The van der Waals surface area contributed by atoms with E-state index >= 15 is 0 Å². The predicted octanol–water partition coefficient (Wildman–Crippen LogP) is 3.47. The summed E-state index contributed by atoms with van der Waals surface area (Å²) in [5.74, 6) is 0. The van der Waals surface area contributed by atoms with E-state index in [1.807, 2.05) is 0 Å². The average molecular weight is 239 g/mol. The zero-order valence-electron chi connectivity index (χ0n) is 9.29. The first-order chi connectivity index (χ1) is 7.22. The van der Waals surface area contributed by atoms with Crippen molar-refractivity contribution in [1.29, 1.82) is 0 Å². The molecule has 15 heavy (non-hydrogen) atoms. The maximum atomic E-state index is 4.54. The van der Waals surface area contributed by atoms with Crippen LogP contribution in [0.1, 0.15) is 18.4 Å². The number of rotatable bonds is 1. The first kappa shape index (κ1) is 11.2. The maximum Gasteiger partial charge on any atom is 0.0408 e. The summed E-state index contributed by atoms with van der Waals surface area (Å²) in [5.41, 5.74) is 2.85. The summed E-state index contributed by atoms with van der Waals surface area (Å²) in [5, 5.41) is 0. The van der Waals surface area contributed by atoms with E-state index in [0.29, 0.717) is 0 Å². The first-order valence-corrected chi connectivity index (χ1v) is 7.00. The van der Waals surface area contributed by atoms with Gasteiger partial charge in [0.15, 0.2) is 0 Å². The summed E-state index contributed by atoms with van der Waals surface area (Å²) in [6.07, 6.45) is 5.89. The number of anilines is 1. The molecule has 1 heterocycles. The van der Waals surface area contributed by atoms with E-state index in [1.54, 1.807) is 11.8 Å². The SMILES string of the molecule is CSc1cc2c(cc1S)CCCCN2C. The molecule has 0 bridgehead atoms. The molecule has 82 valence electrons. The van der Waals surface area contributed by atoms with Crippen LogP contribution in [0.5, 0.6) is 0 Å². The average Bonchev–Trinajstić information content (AvgIpc) is 2.40. The minimum absolute atomic E-state index is 1.12. The lowest BCUT2D eigenvalue weighted by Crippen LogP contribution is -2.17. The van der Waals surface area contributed by atoms with Gasteiger partial charge < -0.3 is 4.90 Å². The Balaban J connectivity index is 2.47. The van der Waals surface area contributed by atoms with Crippen molar-refractivity contribution in [3.63, 3.8) is 0 Å².